The molecule has 0 spiro atoms. The van der Waals surface area contributed by atoms with Crippen molar-refractivity contribution in [1.29, 1.82) is 0 Å². The lowest BCUT2D eigenvalue weighted by Crippen LogP contribution is -2.53. The van der Waals surface area contributed by atoms with Gasteiger partial charge in [-0.25, -0.2) is 0 Å². The van der Waals surface area contributed by atoms with Crippen LogP contribution in [0.3, 0.4) is 0 Å². The van der Waals surface area contributed by atoms with Crippen LogP contribution in [-0.2, 0) is 13.1 Å². The van der Waals surface area contributed by atoms with E-state index >= 15 is 0 Å². The summed E-state index contributed by atoms with van der Waals surface area (Å²) in [6.45, 7) is 9.38. The Balaban J connectivity index is 0.00000256. The molecule has 9 heteroatoms. The molecule has 0 aromatic carbocycles. The highest BCUT2D eigenvalue weighted by Crippen LogP contribution is 2.20. The number of aliphatic imine (C=N–C) groups is 1. The van der Waals surface area contributed by atoms with Gasteiger partial charge < -0.3 is 14.7 Å². The van der Waals surface area contributed by atoms with E-state index in [1.165, 1.54) is 30.8 Å². The molecular formula is C21H33IN6OS. The van der Waals surface area contributed by atoms with Crippen LogP contribution in [0.15, 0.2) is 39.4 Å². The Kier molecular flexibility index (Phi) is 9.41. The van der Waals surface area contributed by atoms with E-state index in [-0.39, 0.29) is 24.0 Å². The molecule has 1 N–H and O–H groups in total. The zero-order valence-corrected chi connectivity index (χ0v) is 20.8. The molecule has 30 heavy (non-hydrogen) atoms. The van der Waals surface area contributed by atoms with Crippen molar-refractivity contribution in [3.8, 4) is 0 Å². The molecule has 2 aromatic rings. The van der Waals surface area contributed by atoms with Gasteiger partial charge in [0.15, 0.2) is 5.96 Å². The number of halogens is 1. The van der Waals surface area contributed by atoms with Crippen LogP contribution in [0, 0.1) is 5.92 Å². The molecule has 4 rings (SSSR count). The molecule has 0 aliphatic carbocycles. The minimum absolute atomic E-state index is 0. The SMILES string of the molecule is CN=C(NCC1CCCN(Cc2cccs2)C1)N1CCN(Cc2ccon2)CC1.I. The Labute approximate surface area is 200 Å². The summed E-state index contributed by atoms with van der Waals surface area (Å²) in [5.74, 6) is 1.73. The normalized spacial score (nSPS) is 21.4. The summed E-state index contributed by atoms with van der Waals surface area (Å²) in [4.78, 5) is 13.4. The second-order valence-corrected chi connectivity index (χ2v) is 9.04. The van der Waals surface area contributed by atoms with Gasteiger partial charge in [-0.15, -0.1) is 35.3 Å². The molecular weight excluding hydrogens is 511 g/mol. The number of hydrogen-bond donors (Lipinski definition) is 1. The first-order valence-corrected chi connectivity index (χ1v) is 11.5. The van der Waals surface area contributed by atoms with Crippen molar-refractivity contribution in [3.05, 3.63) is 40.4 Å². The fourth-order valence-electron chi connectivity index (χ4n) is 4.32. The monoisotopic (exact) mass is 544 g/mol. The van der Waals surface area contributed by atoms with E-state index < -0.39 is 0 Å². The summed E-state index contributed by atoms with van der Waals surface area (Å²) in [5.41, 5.74) is 1.00. The van der Waals surface area contributed by atoms with Crippen LogP contribution in [0.2, 0.25) is 0 Å². The molecule has 2 saturated heterocycles. The minimum atomic E-state index is 0. The highest BCUT2D eigenvalue weighted by Gasteiger charge is 2.23. The number of thiophene rings is 1. The number of piperazine rings is 1. The van der Waals surface area contributed by atoms with Gasteiger partial charge in [-0.3, -0.25) is 14.8 Å². The number of rotatable bonds is 6. The molecule has 166 valence electrons. The van der Waals surface area contributed by atoms with Gasteiger partial charge in [-0.1, -0.05) is 11.2 Å². The molecule has 0 saturated carbocycles. The van der Waals surface area contributed by atoms with E-state index in [1.54, 1.807) is 6.26 Å². The molecule has 1 unspecified atom stereocenters. The molecule has 2 aliphatic heterocycles. The second kappa shape index (κ2) is 12.0. The van der Waals surface area contributed by atoms with Crippen molar-refractivity contribution < 1.29 is 4.52 Å². The number of nitrogens with one attached hydrogen (secondary N) is 1. The van der Waals surface area contributed by atoms with Crippen molar-refractivity contribution >= 4 is 41.3 Å². The average molecular weight is 545 g/mol. The molecule has 0 bridgehead atoms. The average Bonchev–Trinajstić information content (AvgIpc) is 3.44. The van der Waals surface area contributed by atoms with Gasteiger partial charge in [-0.05, 0) is 36.8 Å². The minimum Gasteiger partial charge on any atom is -0.364 e. The fraction of sp³-hybridized carbons (Fsp3) is 0.619. The second-order valence-electron chi connectivity index (χ2n) is 8.00. The first-order chi connectivity index (χ1) is 14.3. The highest BCUT2D eigenvalue weighted by atomic mass is 127. The molecule has 2 fully saturated rings. The van der Waals surface area contributed by atoms with Crippen LogP contribution in [-0.4, -0.2) is 78.7 Å². The lowest BCUT2D eigenvalue weighted by molar-refractivity contribution is 0.161. The Morgan fingerprint density at radius 2 is 2.07 bits per heavy atom. The Morgan fingerprint density at radius 3 is 2.77 bits per heavy atom. The van der Waals surface area contributed by atoms with Crippen molar-refractivity contribution in [3.63, 3.8) is 0 Å². The molecule has 1 atom stereocenters. The maximum absolute atomic E-state index is 4.94. The standard InChI is InChI=1S/C21H32N6OS.HI/c1-22-21(27-10-8-25(9-11-27)16-19-6-12-28-24-19)23-14-18-4-2-7-26(15-18)17-20-5-3-13-29-20;/h3,5-6,12-13,18H,2,4,7-11,14-17H2,1H3,(H,22,23);1H. The van der Waals surface area contributed by atoms with E-state index in [1.807, 2.05) is 24.5 Å². The van der Waals surface area contributed by atoms with Crippen LogP contribution in [0.5, 0.6) is 0 Å². The Hall–Kier alpha value is -1.17. The lowest BCUT2D eigenvalue weighted by atomic mass is 9.98. The number of nitrogens with zero attached hydrogens (tertiary/aromatic N) is 5. The summed E-state index contributed by atoms with van der Waals surface area (Å²) < 4.78 is 4.94. The molecule has 7 nitrogen and oxygen atoms in total. The maximum Gasteiger partial charge on any atom is 0.193 e. The third kappa shape index (κ3) is 6.66. The molecule has 0 amide bonds. The van der Waals surface area contributed by atoms with E-state index in [2.05, 4.69) is 47.7 Å². The van der Waals surface area contributed by atoms with Crippen LogP contribution >= 0.6 is 35.3 Å². The van der Waals surface area contributed by atoms with E-state index in [4.69, 9.17) is 4.52 Å². The summed E-state index contributed by atoms with van der Waals surface area (Å²) in [6.07, 6.45) is 4.23. The smallest absolute Gasteiger partial charge is 0.193 e. The van der Waals surface area contributed by atoms with E-state index in [0.29, 0.717) is 5.92 Å². The third-order valence-corrected chi connectivity index (χ3v) is 6.73. The van der Waals surface area contributed by atoms with Crippen LogP contribution in [0.1, 0.15) is 23.4 Å². The van der Waals surface area contributed by atoms with Crippen molar-refractivity contribution in [2.75, 3.05) is 52.9 Å². The van der Waals surface area contributed by atoms with Gasteiger partial charge >= 0.3 is 0 Å². The van der Waals surface area contributed by atoms with Gasteiger partial charge in [0.25, 0.3) is 0 Å². The number of aromatic nitrogens is 1. The Morgan fingerprint density at radius 1 is 1.20 bits per heavy atom. The maximum atomic E-state index is 4.94. The fourth-order valence-corrected chi connectivity index (χ4v) is 5.06. The number of hydrogen-bond acceptors (Lipinski definition) is 6. The van der Waals surface area contributed by atoms with Crippen molar-refractivity contribution in [2.45, 2.75) is 25.9 Å². The quantitative estimate of drug-likeness (QED) is 0.343. The predicted octanol–water partition coefficient (Wildman–Crippen LogP) is 2.96. The van der Waals surface area contributed by atoms with E-state index in [9.17, 15) is 0 Å². The largest absolute Gasteiger partial charge is 0.364 e. The van der Waals surface area contributed by atoms with Crippen molar-refractivity contribution in [2.24, 2.45) is 10.9 Å². The Bertz CT molecular complexity index is 746. The molecule has 0 radical (unpaired) electrons. The van der Waals surface area contributed by atoms with E-state index in [0.717, 1.165) is 57.5 Å². The zero-order chi connectivity index (χ0) is 19.9. The number of guanidine groups is 1. The first-order valence-electron chi connectivity index (χ1n) is 10.6. The van der Waals surface area contributed by atoms with Gasteiger partial charge in [0, 0.05) is 70.3 Å². The van der Waals surface area contributed by atoms with Gasteiger partial charge in [0.05, 0.1) is 5.69 Å². The van der Waals surface area contributed by atoms with Crippen LogP contribution < -0.4 is 5.32 Å². The summed E-state index contributed by atoms with van der Waals surface area (Å²) in [6, 6.07) is 6.34. The van der Waals surface area contributed by atoms with Gasteiger partial charge in [0.1, 0.15) is 6.26 Å². The summed E-state index contributed by atoms with van der Waals surface area (Å²) >= 11 is 1.86. The third-order valence-electron chi connectivity index (χ3n) is 5.87. The van der Waals surface area contributed by atoms with Crippen LogP contribution in [0.4, 0.5) is 0 Å². The van der Waals surface area contributed by atoms with Gasteiger partial charge in [-0.2, -0.15) is 0 Å². The topological polar surface area (TPSA) is 60.1 Å². The number of likely N-dealkylation sites (tertiary alicyclic amines) is 1. The first kappa shape index (κ1) is 23.5. The highest BCUT2D eigenvalue weighted by molar-refractivity contribution is 14.0. The number of piperidine rings is 1. The van der Waals surface area contributed by atoms with Crippen molar-refractivity contribution in [1.82, 2.24) is 25.2 Å². The van der Waals surface area contributed by atoms with Gasteiger partial charge in [0.2, 0.25) is 0 Å². The summed E-state index contributed by atoms with van der Waals surface area (Å²) in [7, 11) is 1.90. The molecule has 2 aromatic heterocycles. The summed E-state index contributed by atoms with van der Waals surface area (Å²) in [5, 5.41) is 9.85. The molecule has 2 aliphatic rings. The zero-order valence-electron chi connectivity index (χ0n) is 17.7. The predicted molar refractivity (Wildman–Crippen MR) is 132 cm³/mol. The van der Waals surface area contributed by atoms with Crippen LogP contribution in [0.25, 0.3) is 0 Å². The molecule has 4 heterocycles. The lowest BCUT2D eigenvalue weighted by Gasteiger charge is -2.37.